The highest BCUT2D eigenvalue weighted by Gasteiger charge is 2.31. The predicted octanol–water partition coefficient (Wildman–Crippen LogP) is 2.19. The van der Waals surface area contributed by atoms with Gasteiger partial charge in [-0.1, -0.05) is 13.8 Å². The Balaban J connectivity index is 2.89. The van der Waals surface area contributed by atoms with Crippen molar-refractivity contribution in [1.82, 2.24) is 4.72 Å². The van der Waals surface area contributed by atoms with Crippen molar-refractivity contribution < 1.29 is 21.6 Å². The molecule has 0 amide bonds. The lowest BCUT2D eigenvalue weighted by Crippen LogP contribution is -2.33. The van der Waals surface area contributed by atoms with E-state index in [1.807, 2.05) is 13.8 Å². The Labute approximate surface area is 115 Å². The number of hydrogen-bond donors (Lipinski definition) is 3. The SMILES string of the molecule is CC(C)CNS(=O)(=O)Nc1ccc(C(F)(F)F)cc1N. The van der Waals surface area contributed by atoms with Gasteiger partial charge in [-0.2, -0.15) is 26.3 Å². The number of nitrogens with two attached hydrogens (primary N) is 1. The lowest BCUT2D eigenvalue weighted by molar-refractivity contribution is -0.137. The summed E-state index contributed by atoms with van der Waals surface area (Å²) < 4.78 is 65.0. The molecule has 1 aromatic rings. The van der Waals surface area contributed by atoms with Crippen LogP contribution in [-0.4, -0.2) is 15.0 Å². The molecule has 0 unspecified atom stereocenters. The molecule has 0 spiro atoms. The number of rotatable bonds is 5. The van der Waals surface area contributed by atoms with Gasteiger partial charge in [-0.05, 0) is 24.1 Å². The van der Waals surface area contributed by atoms with Crippen molar-refractivity contribution in [1.29, 1.82) is 0 Å². The Morgan fingerprint density at radius 3 is 2.35 bits per heavy atom. The summed E-state index contributed by atoms with van der Waals surface area (Å²) in [6, 6.07) is 2.42. The average Bonchev–Trinajstić information content (AvgIpc) is 2.28. The molecule has 0 aromatic heterocycles. The molecule has 0 aliphatic rings. The monoisotopic (exact) mass is 311 g/mol. The second-order valence-electron chi connectivity index (χ2n) is 4.65. The van der Waals surface area contributed by atoms with Crippen molar-refractivity contribution in [3.05, 3.63) is 23.8 Å². The van der Waals surface area contributed by atoms with Gasteiger partial charge >= 0.3 is 6.18 Å². The van der Waals surface area contributed by atoms with Gasteiger partial charge in [0.1, 0.15) is 0 Å². The van der Waals surface area contributed by atoms with E-state index >= 15 is 0 Å². The molecule has 0 saturated carbocycles. The van der Waals surface area contributed by atoms with Crippen molar-refractivity contribution in [3.8, 4) is 0 Å². The van der Waals surface area contributed by atoms with Gasteiger partial charge in [0.2, 0.25) is 0 Å². The first-order valence-electron chi connectivity index (χ1n) is 5.75. The fraction of sp³-hybridized carbons (Fsp3) is 0.455. The maximum atomic E-state index is 12.4. The Morgan fingerprint density at radius 2 is 1.90 bits per heavy atom. The van der Waals surface area contributed by atoms with Crippen molar-refractivity contribution in [2.45, 2.75) is 20.0 Å². The number of hydrogen-bond acceptors (Lipinski definition) is 3. The van der Waals surface area contributed by atoms with E-state index < -0.39 is 21.9 Å². The first-order chi connectivity index (χ1) is 9.01. The molecule has 0 saturated heterocycles. The summed E-state index contributed by atoms with van der Waals surface area (Å²) in [5.41, 5.74) is 4.09. The van der Waals surface area contributed by atoms with Crippen LogP contribution in [0.4, 0.5) is 24.5 Å². The lowest BCUT2D eigenvalue weighted by atomic mass is 10.2. The van der Waals surface area contributed by atoms with Crippen LogP contribution in [0.2, 0.25) is 0 Å². The summed E-state index contributed by atoms with van der Waals surface area (Å²) in [5.74, 6) is 0.0940. The molecular formula is C11H16F3N3O2S. The number of anilines is 2. The largest absolute Gasteiger partial charge is 0.416 e. The second-order valence-corrected chi connectivity index (χ2v) is 6.15. The minimum atomic E-state index is -4.53. The quantitative estimate of drug-likeness (QED) is 0.729. The van der Waals surface area contributed by atoms with Crippen LogP contribution in [0, 0.1) is 5.92 Å². The fourth-order valence-corrected chi connectivity index (χ4v) is 2.39. The zero-order valence-electron chi connectivity index (χ0n) is 11.0. The molecule has 0 atom stereocenters. The van der Waals surface area contributed by atoms with Gasteiger partial charge < -0.3 is 5.73 Å². The molecule has 4 N–H and O–H groups in total. The topological polar surface area (TPSA) is 84.2 Å². The number of nitrogen functional groups attached to an aromatic ring is 1. The minimum Gasteiger partial charge on any atom is -0.397 e. The first kappa shape index (κ1) is 16.6. The number of nitrogens with one attached hydrogen (secondary N) is 2. The van der Waals surface area contributed by atoms with Crippen LogP contribution in [0.5, 0.6) is 0 Å². The van der Waals surface area contributed by atoms with E-state index in [0.29, 0.717) is 6.07 Å². The van der Waals surface area contributed by atoms with E-state index in [2.05, 4.69) is 9.44 Å². The van der Waals surface area contributed by atoms with Crippen molar-refractivity contribution >= 4 is 21.6 Å². The average molecular weight is 311 g/mol. The predicted molar refractivity (Wildman–Crippen MR) is 71.2 cm³/mol. The zero-order valence-corrected chi connectivity index (χ0v) is 11.8. The minimum absolute atomic E-state index is 0.0940. The van der Waals surface area contributed by atoms with Crippen molar-refractivity contribution in [2.75, 3.05) is 17.0 Å². The van der Waals surface area contributed by atoms with Gasteiger partial charge in [0, 0.05) is 6.54 Å². The van der Waals surface area contributed by atoms with Gasteiger partial charge in [0.15, 0.2) is 0 Å². The van der Waals surface area contributed by atoms with E-state index in [4.69, 9.17) is 5.73 Å². The summed E-state index contributed by atoms with van der Waals surface area (Å²) in [7, 11) is -3.86. The first-order valence-corrected chi connectivity index (χ1v) is 7.23. The normalized spacial score (nSPS) is 12.7. The van der Waals surface area contributed by atoms with Crippen LogP contribution in [-0.2, 0) is 16.4 Å². The molecule has 114 valence electrons. The van der Waals surface area contributed by atoms with Gasteiger partial charge in [0.25, 0.3) is 10.2 Å². The van der Waals surface area contributed by atoms with Crippen LogP contribution in [0.25, 0.3) is 0 Å². The highest BCUT2D eigenvalue weighted by molar-refractivity contribution is 7.90. The Hall–Kier alpha value is -1.48. The van der Waals surface area contributed by atoms with Crippen LogP contribution in [0.15, 0.2) is 18.2 Å². The number of alkyl halides is 3. The molecule has 0 aliphatic heterocycles. The highest BCUT2D eigenvalue weighted by atomic mass is 32.2. The molecule has 0 heterocycles. The van der Waals surface area contributed by atoms with E-state index in [-0.39, 0.29) is 23.8 Å². The number of halogens is 3. The smallest absolute Gasteiger partial charge is 0.397 e. The van der Waals surface area contributed by atoms with Gasteiger partial charge in [-0.3, -0.25) is 4.72 Å². The molecule has 9 heteroatoms. The third-order valence-electron chi connectivity index (χ3n) is 2.30. The summed E-state index contributed by atoms with van der Waals surface area (Å²) in [6.07, 6.45) is -4.53. The van der Waals surface area contributed by atoms with E-state index in [1.165, 1.54) is 0 Å². The Morgan fingerprint density at radius 1 is 1.30 bits per heavy atom. The van der Waals surface area contributed by atoms with Crippen LogP contribution < -0.4 is 15.2 Å². The summed E-state index contributed by atoms with van der Waals surface area (Å²) in [4.78, 5) is 0. The molecule has 1 aromatic carbocycles. The Bertz CT molecular complexity index is 571. The van der Waals surface area contributed by atoms with Gasteiger partial charge in [0.05, 0.1) is 16.9 Å². The van der Waals surface area contributed by atoms with Crippen LogP contribution in [0.3, 0.4) is 0 Å². The van der Waals surface area contributed by atoms with E-state index in [0.717, 1.165) is 12.1 Å². The van der Waals surface area contributed by atoms with Gasteiger partial charge in [-0.25, -0.2) is 0 Å². The molecule has 0 radical (unpaired) electrons. The van der Waals surface area contributed by atoms with Crippen molar-refractivity contribution in [2.24, 2.45) is 5.92 Å². The van der Waals surface area contributed by atoms with Crippen LogP contribution >= 0.6 is 0 Å². The summed E-state index contributed by atoms with van der Waals surface area (Å²) in [5, 5.41) is 0. The third-order valence-corrected chi connectivity index (χ3v) is 3.34. The maximum Gasteiger partial charge on any atom is 0.416 e. The molecule has 1 rings (SSSR count). The zero-order chi connectivity index (χ0) is 15.6. The molecule has 20 heavy (non-hydrogen) atoms. The molecule has 0 fully saturated rings. The molecule has 0 bridgehead atoms. The maximum absolute atomic E-state index is 12.4. The Kier molecular flexibility index (Phi) is 4.87. The second kappa shape index (κ2) is 5.88. The third kappa shape index (κ3) is 4.89. The summed E-state index contributed by atoms with van der Waals surface area (Å²) >= 11 is 0. The van der Waals surface area contributed by atoms with E-state index in [1.54, 1.807) is 0 Å². The molecular weight excluding hydrogens is 295 g/mol. The van der Waals surface area contributed by atoms with Crippen molar-refractivity contribution in [3.63, 3.8) is 0 Å². The molecule has 0 aliphatic carbocycles. The van der Waals surface area contributed by atoms with Gasteiger partial charge in [-0.15, -0.1) is 0 Å². The highest BCUT2D eigenvalue weighted by Crippen LogP contribution is 2.32. The number of benzene rings is 1. The lowest BCUT2D eigenvalue weighted by Gasteiger charge is -2.14. The fourth-order valence-electron chi connectivity index (χ4n) is 1.29. The summed E-state index contributed by atoms with van der Waals surface area (Å²) in [6.45, 7) is 3.83. The standard InChI is InChI=1S/C11H16F3N3O2S/c1-7(2)6-16-20(18,19)17-10-4-3-8(5-9(10)15)11(12,13)14/h3-5,7,16-17H,6,15H2,1-2H3. The van der Waals surface area contributed by atoms with E-state index in [9.17, 15) is 21.6 Å². The molecule has 5 nitrogen and oxygen atoms in total. The van der Waals surface area contributed by atoms with Crippen LogP contribution in [0.1, 0.15) is 19.4 Å².